The number of benzene rings is 2. The molecule has 0 aliphatic rings. The van der Waals surface area contributed by atoms with E-state index in [0.29, 0.717) is 22.3 Å². The van der Waals surface area contributed by atoms with Crippen molar-refractivity contribution in [3.8, 4) is 11.1 Å². The second-order valence-corrected chi connectivity index (χ2v) is 11.2. The molecule has 0 saturated carbocycles. The first kappa shape index (κ1) is 32.3. The van der Waals surface area contributed by atoms with Crippen LogP contribution >= 0.6 is 11.8 Å². The number of ether oxygens (including phenoxy) is 1. The number of hydrogen-bond donors (Lipinski definition) is 0. The first-order valence-electron chi connectivity index (χ1n) is 12.9. The molecule has 3 aromatic rings. The molecule has 0 saturated heterocycles. The SMILES string of the molecule is C=CC(=O)OCC(C)(CSc1ccc2cc(-c3ccc(CCCCC)cc3C(F)(F)F)c(=O)oc2c1)CC(F)(F)F. The second-order valence-electron chi connectivity index (χ2n) is 10.2. The third-order valence-corrected chi connectivity index (χ3v) is 7.83. The van der Waals surface area contributed by atoms with Gasteiger partial charge in [-0.2, -0.15) is 26.3 Å². The van der Waals surface area contributed by atoms with E-state index in [0.717, 1.165) is 43.2 Å². The summed E-state index contributed by atoms with van der Waals surface area (Å²) < 4.78 is 91.8. The van der Waals surface area contributed by atoms with Crippen molar-refractivity contribution in [3.63, 3.8) is 0 Å². The highest BCUT2D eigenvalue weighted by atomic mass is 32.2. The number of aryl methyl sites for hydroxylation is 1. The average Bonchev–Trinajstić information content (AvgIpc) is 2.89. The molecule has 0 spiro atoms. The number of halogens is 6. The van der Waals surface area contributed by atoms with E-state index in [-0.39, 0.29) is 22.5 Å². The Morgan fingerprint density at radius 2 is 1.76 bits per heavy atom. The van der Waals surface area contributed by atoms with Crippen LogP contribution in [-0.2, 0) is 22.1 Å². The minimum absolute atomic E-state index is 0.0732. The minimum Gasteiger partial charge on any atom is -0.462 e. The highest BCUT2D eigenvalue weighted by Crippen LogP contribution is 2.40. The molecule has 0 radical (unpaired) electrons. The maximum Gasteiger partial charge on any atom is 0.417 e. The normalized spacial score (nSPS) is 13.7. The molecule has 0 aliphatic heterocycles. The third-order valence-electron chi connectivity index (χ3n) is 6.40. The number of fused-ring (bicyclic) bond motifs is 1. The summed E-state index contributed by atoms with van der Waals surface area (Å²) in [6.07, 6.45) is -6.48. The Balaban J connectivity index is 1.90. The summed E-state index contributed by atoms with van der Waals surface area (Å²) in [7, 11) is 0. The fourth-order valence-electron chi connectivity index (χ4n) is 4.35. The molecule has 0 aliphatic carbocycles. The van der Waals surface area contributed by atoms with Crippen molar-refractivity contribution in [3.05, 3.63) is 76.7 Å². The van der Waals surface area contributed by atoms with Crippen LogP contribution in [0.1, 0.15) is 50.7 Å². The summed E-state index contributed by atoms with van der Waals surface area (Å²) in [4.78, 5) is 24.7. The number of thioether (sulfide) groups is 1. The summed E-state index contributed by atoms with van der Waals surface area (Å²) in [5.74, 6) is -0.934. The molecular formula is C30H30F6O4S. The number of carbonyl (C=O) groups excluding carboxylic acids is 1. The van der Waals surface area contributed by atoms with Crippen molar-refractivity contribution in [2.45, 2.75) is 63.2 Å². The highest BCUT2D eigenvalue weighted by molar-refractivity contribution is 7.99. The van der Waals surface area contributed by atoms with Gasteiger partial charge in [0, 0.05) is 33.1 Å². The van der Waals surface area contributed by atoms with Crippen molar-refractivity contribution in [1.82, 2.24) is 0 Å². The zero-order valence-electron chi connectivity index (χ0n) is 22.6. The molecule has 41 heavy (non-hydrogen) atoms. The minimum atomic E-state index is -4.69. The Bertz CT molecular complexity index is 1440. The monoisotopic (exact) mass is 600 g/mol. The summed E-state index contributed by atoms with van der Waals surface area (Å²) >= 11 is 1.04. The van der Waals surface area contributed by atoms with Crippen LogP contribution in [0, 0.1) is 5.41 Å². The molecule has 0 amide bonds. The molecule has 1 aromatic heterocycles. The van der Waals surface area contributed by atoms with Crippen molar-refractivity contribution in [2.75, 3.05) is 12.4 Å². The largest absolute Gasteiger partial charge is 0.462 e. The van der Waals surface area contributed by atoms with E-state index in [4.69, 9.17) is 9.15 Å². The topological polar surface area (TPSA) is 56.5 Å². The number of unbranched alkanes of at least 4 members (excludes halogenated alkanes) is 2. The fourth-order valence-corrected chi connectivity index (χ4v) is 5.41. The van der Waals surface area contributed by atoms with E-state index < -0.39 is 48.0 Å². The van der Waals surface area contributed by atoms with E-state index in [9.17, 15) is 35.9 Å². The molecule has 4 nitrogen and oxygen atoms in total. The molecule has 11 heteroatoms. The van der Waals surface area contributed by atoms with E-state index in [1.165, 1.54) is 31.2 Å². The summed E-state index contributed by atoms with van der Waals surface area (Å²) in [5, 5.41) is 0.349. The molecule has 0 fully saturated rings. The first-order valence-corrected chi connectivity index (χ1v) is 13.9. The third kappa shape index (κ3) is 9.14. The maximum absolute atomic E-state index is 14.0. The lowest BCUT2D eigenvalue weighted by molar-refractivity contribution is -0.165. The second kappa shape index (κ2) is 13.2. The number of carbonyl (C=O) groups is 1. The molecule has 1 heterocycles. The Morgan fingerprint density at radius 1 is 1.02 bits per heavy atom. The predicted molar refractivity (Wildman–Crippen MR) is 147 cm³/mol. The van der Waals surface area contributed by atoms with Gasteiger partial charge in [-0.3, -0.25) is 0 Å². The van der Waals surface area contributed by atoms with Crippen LogP contribution in [0.4, 0.5) is 26.3 Å². The van der Waals surface area contributed by atoms with Crippen LogP contribution in [0.2, 0.25) is 0 Å². The van der Waals surface area contributed by atoms with E-state index in [2.05, 4.69) is 6.58 Å². The molecule has 0 N–H and O–H groups in total. The molecular weight excluding hydrogens is 570 g/mol. The van der Waals surface area contributed by atoms with Gasteiger partial charge in [-0.15, -0.1) is 11.8 Å². The van der Waals surface area contributed by atoms with E-state index >= 15 is 0 Å². The van der Waals surface area contributed by atoms with Gasteiger partial charge >= 0.3 is 23.9 Å². The molecule has 1 atom stereocenters. The average molecular weight is 601 g/mol. The Labute approximate surface area is 237 Å². The quantitative estimate of drug-likeness (QED) is 0.0519. The van der Waals surface area contributed by atoms with Crippen molar-refractivity contribution >= 4 is 28.7 Å². The number of rotatable bonds is 12. The maximum atomic E-state index is 14.0. The van der Waals surface area contributed by atoms with Gasteiger partial charge in [0.1, 0.15) is 5.58 Å². The van der Waals surface area contributed by atoms with Crippen LogP contribution in [0.25, 0.3) is 22.1 Å². The fraction of sp³-hybridized carbons (Fsp3) is 0.400. The standard InChI is InChI=1S/C30H30F6O4S/c1-4-6-7-8-19-9-12-22(24(13-19)30(34,35)36)23-14-20-10-11-21(15-25(20)40-27(23)38)41-18-28(3,16-29(31,32)33)17-39-26(37)5-2/h5,9-15H,2,4,6-8,16-18H2,1,3H3. The van der Waals surface area contributed by atoms with Crippen LogP contribution in [0.15, 0.2) is 69.2 Å². The Hall–Kier alpha value is -3.21. The van der Waals surface area contributed by atoms with Crippen molar-refractivity contribution in [2.24, 2.45) is 5.41 Å². The highest BCUT2D eigenvalue weighted by Gasteiger charge is 2.40. The zero-order chi connectivity index (χ0) is 30.4. The Kier molecular flexibility index (Phi) is 10.4. The first-order chi connectivity index (χ1) is 19.1. The van der Waals surface area contributed by atoms with Crippen molar-refractivity contribution < 1.29 is 40.3 Å². The summed E-state index contributed by atoms with van der Waals surface area (Å²) in [6, 6.07) is 9.78. The molecule has 2 aromatic carbocycles. The zero-order valence-corrected chi connectivity index (χ0v) is 23.4. The lowest BCUT2D eigenvalue weighted by atomic mass is 9.90. The Morgan fingerprint density at radius 3 is 2.39 bits per heavy atom. The van der Waals surface area contributed by atoms with E-state index in [1.807, 2.05) is 6.92 Å². The van der Waals surface area contributed by atoms with Gasteiger partial charge in [0.15, 0.2) is 0 Å². The van der Waals surface area contributed by atoms with Gasteiger partial charge in [-0.25, -0.2) is 9.59 Å². The number of esters is 1. The van der Waals surface area contributed by atoms with Crippen LogP contribution in [-0.4, -0.2) is 24.5 Å². The van der Waals surface area contributed by atoms with Gasteiger partial charge in [0.25, 0.3) is 0 Å². The van der Waals surface area contributed by atoms with Gasteiger partial charge in [-0.1, -0.05) is 51.5 Å². The van der Waals surface area contributed by atoms with Gasteiger partial charge in [0.05, 0.1) is 24.2 Å². The van der Waals surface area contributed by atoms with Crippen LogP contribution < -0.4 is 5.63 Å². The molecule has 0 bridgehead atoms. The van der Waals surface area contributed by atoms with Crippen LogP contribution in [0.3, 0.4) is 0 Å². The predicted octanol–water partition coefficient (Wildman–Crippen LogP) is 8.99. The summed E-state index contributed by atoms with van der Waals surface area (Å²) in [6.45, 7) is 6.08. The van der Waals surface area contributed by atoms with E-state index in [1.54, 1.807) is 12.1 Å². The molecule has 222 valence electrons. The molecule has 1 unspecified atom stereocenters. The van der Waals surface area contributed by atoms with Crippen molar-refractivity contribution in [1.29, 1.82) is 0 Å². The van der Waals surface area contributed by atoms with Gasteiger partial charge < -0.3 is 9.15 Å². The smallest absolute Gasteiger partial charge is 0.417 e. The van der Waals surface area contributed by atoms with Gasteiger partial charge in [-0.05, 0) is 42.7 Å². The van der Waals surface area contributed by atoms with Crippen LogP contribution in [0.5, 0.6) is 0 Å². The molecule has 3 rings (SSSR count). The lowest BCUT2D eigenvalue weighted by Crippen LogP contribution is -2.33. The number of alkyl halides is 6. The summed E-state index contributed by atoms with van der Waals surface area (Å²) in [5.41, 5.74) is -3.29. The lowest BCUT2D eigenvalue weighted by Gasteiger charge is -2.29. The number of hydrogen-bond acceptors (Lipinski definition) is 5. The van der Waals surface area contributed by atoms with Gasteiger partial charge in [0.2, 0.25) is 0 Å².